The van der Waals surface area contributed by atoms with Crippen molar-refractivity contribution in [2.75, 3.05) is 17.2 Å². The van der Waals surface area contributed by atoms with Crippen LogP contribution in [0.5, 0.6) is 11.6 Å². The normalized spacial score (nSPS) is 9.93. The summed E-state index contributed by atoms with van der Waals surface area (Å²) in [6.45, 7) is 1.46. The average Bonchev–Trinajstić information content (AvgIpc) is 2.73. The number of carbonyl (C=O) groups excluding carboxylic acids is 2. The first kappa shape index (κ1) is 19.6. The number of pyridine rings is 1. The van der Waals surface area contributed by atoms with Crippen molar-refractivity contribution in [3.05, 3.63) is 78.0 Å². The highest BCUT2D eigenvalue weighted by Crippen LogP contribution is 2.29. The largest absolute Gasteiger partial charge is 0.436 e. The van der Waals surface area contributed by atoms with E-state index in [1.165, 1.54) is 13.1 Å². The zero-order chi connectivity index (χ0) is 20.6. The number of ether oxygens (including phenoxy) is 1. The van der Waals surface area contributed by atoms with Gasteiger partial charge < -0.3 is 15.4 Å². The van der Waals surface area contributed by atoms with Crippen LogP contribution in [0.15, 0.2) is 66.9 Å². The summed E-state index contributed by atoms with van der Waals surface area (Å²) < 4.78 is 5.76. The van der Waals surface area contributed by atoms with Crippen molar-refractivity contribution < 1.29 is 14.3 Å². The fourth-order valence-electron chi connectivity index (χ4n) is 2.56. The number of aromatic nitrogens is 1. The molecular weight excluding hydrogens is 368 g/mol. The molecule has 1 heterocycles. The molecule has 0 atom stereocenters. The Kier molecular flexibility index (Phi) is 6.18. The minimum atomic E-state index is -0.281. The molecule has 0 saturated carbocycles. The van der Waals surface area contributed by atoms with Gasteiger partial charge in [-0.15, -0.1) is 0 Å². The average molecular weight is 386 g/mol. The lowest BCUT2D eigenvalue weighted by Crippen LogP contribution is -2.22. The standard InChI is InChI=1S/C22H18N4O3/c1-15(27)16-6-4-8-18(12-16)26-21(28)14-25-19-9-2-3-10-20(19)29-22-17(13-23)7-5-11-24-22/h2-12,25H,14H2,1H3,(H,26,28). The molecule has 0 aliphatic carbocycles. The van der Waals surface area contributed by atoms with Gasteiger partial charge in [0.2, 0.25) is 11.8 Å². The van der Waals surface area contributed by atoms with Crippen LogP contribution in [0.3, 0.4) is 0 Å². The summed E-state index contributed by atoms with van der Waals surface area (Å²) in [5.74, 6) is 0.274. The number of para-hydroxylation sites is 2. The third kappa shape index (κ3) is 5.17. The molecule has 0 saturated heterocycles. The maximum Gasteiger partial charge on any atom is 0.243 e. The molecule has 29 heavy (non-hydrogen) atoms. The number of anilines is 2. The van der Waals surface area contributed by atoms with Gasteiger partial charge in [-0.2, -0.15) is 5.26 Å². The lowest BCUT2D eigenvalue weighted by molar-refractivity contribution is -0.114. The molecule has 3 rings (SSSR count). The molecule has 2 N–H and O–H groups in total. The molecule has 144 valence electrons. The predicted molar refractivity (Wildman–Crippen MR) is 109 cm³/mol. The quantitative estimate of drug-likeness (QED) is 0.595. The Morgan fingerprint density at radius 2 is 1.93 bits per heavy atom. The molecule has 0 unspecified atom stereocenters. The van der Waals surface area contributed by atoms with Crippen LogP contribution in [0.1, 0.15) is 22.8 Å². The van der Waals surface area contributed by atoms with E-state index in [9.17, 15) is 14.9 Å². The van der Waals surface area contributed by atoms with E-state index in [1.807, 2.05) is 6.07 Å². The molecule has 0 fully saturated rings. The smallest absolute Gasteiger partial charge is 0.243 e. The zero-order valence-electron chi connectivity index (χ0n) is 15.7. The molecule has 7 nitrogen and oxygen atoms in total. The predicted octanol–water partition coefficient (Wildman–Crippen LogP) is 4.00. The number of nitrogens with zero attached hydrogens (tertiary/aromatic N) is 2. The van der Waals surface area contributed by atoms with Gasteiger partial charge in [0, 0.05) is 17.4 Å². The lowest BCUT2D eigenvalue weighted by Gasteiger charge is -2.13. The lowest BCUT2D eigenvalue weighted by atomic mass is 10.1. The van der Waals surface area contributed by atoms with Crippen LogP contribution < -0.4 is 15.4 Å². The molecule has 0 radical (unpaired) electrons. The number of carbonyl (C=O) groups is 2. The highest BCUT2D eigenvalue weighted by atomic mass is 16.5. The highest BCUT2D eigenvalue weighted by molar-refractivity contribution is 5.98. The first-order chi connectivity index (χ1) is 14.1. The van der Waals surface area contributed by atoms with E-state index < -0.39 is 0 Å². The number of rotatable bonds is 7. The van der Waals surface area contributed by atoms with Gasteiger partial charge in [0.15, 0.2) is 11.5 Å². The monoisotopic (exact) mass is 386 g/mol. The van der Waals surface area contributed by atoms with Gasteiger partial charge in [0.1, 0.15) is 11.6 Å². The van der Waals surface area contributed by atoms with Crippen molar-refractivity contribution in [3.63, 3.8) is 0 Å². The molecular formula is C22H18N4O3. The van der Waals surface area contributed by atoms with Crippen LogP contribution in [0.4, 0.5) is 11.4 Å². The van der Waals surface area contributed by atoms with E-state index >= 15 is 0 Å². The number of hydrogen-bond donors (Lipinski definition) is 2. The Morgan fingerprint density at radius 1 is 1.10 bits per heavy atom. The van der Waals surface area contributed by atoms with Crippen molar-refractivity contribution in [1.82, 2.24) is 4.98 Å². The van der Waals surface area contributed by atoms with Crippen LogP contribution in [-0.2, 0) is 4.79 Å². The Bertz CT molecular complexity index is 1090. The van der Waals surface area contributed by atoms with Crippen LogP contribution in [0.2, 0.25) is 0 Å². The molecule has 0 aliphatic rings. The fraction of sp³-hybridized carbons (Fsp3) is 0.0909. The molecule has 1 aromatic heterocycles. The third-order valence-electron chi connectivity index (χ3n) is 3.98. The summed E-state index contributed by atoms with van der Waals surface area (Å²) in [5.41, 5.74) is 1.96. The van der Waals surface area contributed by atoms with Crippen LogP contribution >= 0.6 is 0 Å². The number of hydrogen-bond acceptors (Lipinski definition) is 6. The van der Waals surface area contributed by atoms with Crippen molar-refractivity contribution in [1.29, 1.82) is 5.26 Å². The third-order valence-corrected chi connectivity index (χ3v) is 3.98. The summed E-state index contributed by atoms with van der Waals surface area (Å²) in [5, 5.41) is 14.9. The van der Waals surface area contributed by atoms with E-state index in [-0.39, 0.29) is 24.1 Å². The second-order valence-corrected chi connectivity index (χ2v) is 6.10. The highest BCUT2D eigenvalue weighted by Gasteiger charge is 2.11. The molecule has 2 aromatic carbocycles. The number of nitriles is 1. The van der Waals surface area contributed by atoms with Gasteiger partial charge in [0.05, 0.1) is 12.2 Å². The van der Waals surface area contributed by atoms with E-state index in [4.69, 9.17) is 4.74 Å². The Hall–Kier alpha value is -4.18. The van der Waals surface area contributed by atoms with Crippen LogP contribution in [0.25, 0.3) is 0 Å². The SMILES string of the molecule is CC(=O)c1cccc(NC(=O)CNc2ccccc2Oc2ncccc2C#N)c1. The van der Waals surface area contributed by atoms with Crippen molar-refractivity contribution in [2.24, 2.45) is 0 Å². The number of amides is 1. The van der Waals surface area contributed by atoms with Gasteiger partial charge in [0.25, 0.3) is 0 Å². The molecule has 1 amide bonds. The van der Waals surface area contributed by atoms with E-state index in [1.54, 1.807) is 60.7 Å². The molecule has 0 aliphatic heterocycles. The number of ketones is 1. The number of benzene rings is 2. The van der Waals surface area contributed by atoms with Gasteiger partial charge in [-0.25, -0.2) is 4.98 Å². The second-order valence-electron chi connectivity index (χ2n) is 6.10. The molecule has 3 aromatic rings. The Balaban J connectivity index is 1.67. The number of Topliss-reactive ketones (excluding diaryl/α,β-unsaturated/α-hetero) is 1. The summed E-state index contributed by atoms with van der Waals surface area (Å²) in [4.78, 5) is 27.8. The fourth-order valence-corrected chi connectivity index (χ4v) is 2.56. The molecule has 0 spiro atoms. The van der Waals surface area contributed by atoms with Gasteiger partial charge >= 0.3 is 0 Å². The zero-order valence-corrected chi connectivity index (χ0v) is 15.7. The minimum Gasteiger partial charge on any atom is -0.436 e. The maximum absolute atomic E-state index is 12.3. The summed E-state index contributed by atoms with van der Waals surface area (Å²) >= 11 is 0. The molecule has 7 heteroatoms. The van der Waals surface area contributed by atoms with Gasteiger partial charge in [-0.1, -0.05) is 24.3 Å². The Labute approximate surface area is 168 Å². The van der Waals surface area contributed by atoms with E-state index in [0.29, 0.717) is 28.3 Å². The van der Waals surface area contributed by atoms with Crippen LogP contribution in [-0.4, -0.2) is 23.2 Å². The summed E-state index contributed by atoms with van der Waals surface area (Å²) in [6.07, 6.45) is 1.54. The van der Waals surface area contributed by atoms with Crippen molar-refractivity contribution >= 4 is 23.1 Å². The summed E-state index contributed by atoms with van der Waals surface area (Å²) in [6, 6.07) is 19.1. The van der Waals surface area contributed by atoms with Crippen molar-refractivity contribution in [3.8, 4) is 17.7 Å². The first-order valence-corrected chi connectivity index (χ1v) is 8.83. The minimum absolute atomic E-state index is 0.0159. The second kappa shape index (κ2) is 9.15. The first-order valence-electron chi connectivity index (χ1n) is 8.83. The van der Waals surface area contributed by atoms with Crippen molar-refractivity contribution in [2.45, 2.75) is 6.92 Å². The van der Waals surface area contributed by atoms with E-state index in [0.717, 1.165) is 0 Å². The van der Waals surface area contributed by atoms with Gasteiger partial charge in [-0.3, -0.25) is 9.59 Å². The summed E-state index contributed by atoms with van der Waals surface area (Å²) in [7, 11) is 0. The van der Waals surface area contributed by atoms with Crippen LogP contribution in [0, 0.1) is 11.3 Å². The van der Waals surface area contributed by atoms with Gasteiger partial charge in [-0.05, 0) is 43.3 Å². The number of nitrogens with one attached hydrogen (secondary N) is 2. The topological polar surface area (TPSA) is 104 Å². The van der Waals surface area contributed by atoms with E-state index in [2.05, 4.69) is 15.6 Å². The molecule has 0 bridgehead atoms. The maximum atomic E-state index is 12.3. The Morgan fingerprint density at radius 3 is 2.72 bits per heavy atom.